The number of anilines is 1. The molecule has 0 atom stereocenters. The van der Waals surface area contributed by atoms with Crippen LogP contribution in [0.3, 0.4) is 0 Å². The number of benzene rings is 1. The molecule has 0 fully saturated rings. The van der Waals surface area contributed by atoms with E-state index >= 15 is 0 Å². The molecule has 0 amide bonds. The highest BCUT2D eigenvalue weighted by Crippen LogP contribution is 2.33. The lowest BCUT2D eigenvalue weighted by Crippen LogP contribution is -2.02. The molecule has 1 N–H and O–H groups in total. The molecular weight excluding hydrogens is 342 g/mol. The summed E-state index contributed by atoms with van der Waals surface area (Å²) in [5.74, 6) is 1.88. The molecule has 0 spiro atoms. The number of halogens is 2. The van der Waals surface area contributed by atoms with E-state index in [1.54, 1.807) is 0 Å². The van der Waals surface area contributed by atoms with Gasteiger partial charge in [-0.15, -0.1) is 0 Å². The Labute approximate surface area is 131 Å². The lowest BCUT2D eigenvalue weighted by molar-refractivity contribution is 0.458. The minimum Gasteiger partial charge on any atom is -0.438 e. The average Bonchev–Trinajstić information content (AvgIpc) is 2.45. The van der Waals surface area contributed by atoms with Crippen molar-refractivity contribution in [3.05, 3.63) is 39.6 Å². The molecule has 4 nitrogen and oxygen atoms in total. The molecule has 1 aromatic carbocycles. The lowest BCUT2D eigenvalue weighted by atomic mass is 10.1. The molecule has 0 saturated carbocycles. The van der Waals surface area contributed by atoms with Crippen LogP contribution in [-0.4, -0.2) is 16.5 Å². The van der Waals surface area contributed by atoms with Gasteiger partial charge in [0.2, 0.25) is 5.88 Å². The SMILES string of the molecule is CCNc1ncnc(Oc2ccc(Cl)c(CC)c2)c1Br. The van der Waals surface area contributed by atoms with Crippen LogP contribution in [0.25, 0.3) is 0 Å². The minimum absolute atomic E-state index is 0.473. The smallest absolute Gasteiger partial charge is 0.238 e. The summed E-state index contributed by atoms with van der Waals surface area (Å²) in [5.41, 5.74) is 1.04. The van der Waals surface area contributed by atoms with Crippen molar-refractivity contribution in [2.45, 2.75) is 20.3 Å². The van der Waals surface area contributed by atoms with Crippen LogP contribution in [0, 0.1) is 0 Å². The number of rotatable bonds is 5. The molecule has 20 heavy (non-hydrogen) atoms. The first-order valence-corrected chi connectivity index (χ1v) is 7.53. The van der Waals surface area contributed by atoms with E-state index in [-0.39, 0.29) is 0 Å². The van der Waals surface area contributed by atoms with Gasteiger partial charge in [-0.05, 0) is 53.0 Å². The normalized spacial score (nSPS) is 10.4. The first kappa shape index (κ1) is 15.1. The van der Waals surface area contributed by atoms with E-state index in [0.717, 1.165) is 23.6 Å². The maximum absolute atomic E-state index is 6.10. The Morgan fingerprint density at radius 3 is 2.80 bits per heavy atom. The minimum atomic E-state index is 0.473. The van der Waals surface area contributed by atoms with Crippen molar-refractivity contribution in [1.82, 2.24) is 9.97 Å². The molecule has 2 aromatic rings. The molecule has 0 radical (unpaired) electrons. The summed E-state index contributed by atoms with van der Waals surface area (Å²) < 4.78 is 6.50. The molecule has 0 aliphatic rings. The number of hydrogen-bond donors (Lipinski definition) is 1. The lowest BCUT2D eigenvalue weighted by Gasteiger charge is -2.11. The first-order chi connectivity index (χ1) is 9.65. The largest absolute Gasteiger partial charge is 0.438 e. The molecule has 0 unspecified atom stereocenters. The van der Waals surface area contributed by atoms with Gasteiger partial charge in [-0.3, -0.25) is 0 Å². The Kier molecular flexibility index (Phi) is 5.20. The van der Waals surface area contributed by atoms with Crippen LogP contribution in [0.1, 0.15) is 19.4 Å². The van der Waals surface area contributed by atoms with Crippen LogP contribution in [0.5, 0.6) is 11.6 Å². The predicted octanol–water partition coefficient (Wildman–Crippen LogP) is 4.68. The molecule has 0 aliphatic carbocycles. The maximum Gasteiger partial charge on any atom is 0.238 e. The summed E-state index contributed by atoms with van der Waals surface area (Å²) in [7, 11) is 0. The molecule has 0 aliphatic heterocycles. The van der Waals surface area contributed by atoms with Gasteiger partial charge in [-0.1, -0.05) is 18.5 Å². The number of aromatic nitrogens is 2. The van der Waals surface area contributed by atoms with Crippen molar-refractivity contribution >= 4 is 33.3 Å². The number of nitrogens with one attached hydrogen (secondary N) is 1. The Morgan fingerprint density at radius 2 is 2.10 bits per heavy atom. The van der Waals surface area contributed by atoms with Crippen molar-refractivity contribution in [3.8, 4) is 11.6 Å². The van der Waals surface area contributed by atoms with Gasteiger partial charge in [0.1, 0.15) is 22.4 Å². The predicted molar refractivity (Wildman–Crippen MR) is 84.8 cm³/mol. The molecular formula is C14H15BrClN3O. The highest BCUT2D eigenvalue weighted by molar-refractivity contribution is 9.10. The highest BCUT2D eigenvalue weighted by Gasteiger charge is 2.11. The van der Waals surface area contributed by atoms with Crippen LogP contribution >= 0.6 is 27.5 Å². The quantitative estimate of drug-likeness (QED) is 0.845. The Hall–Kier alpha value is -1.33. The summed E-state index contributed by atoms with van der Waals surface area (Å²) in [6, 6.07) is 5.57. The van der Waals surface area contributed by atoms with E-state index in [1.165, 1.54) is 6.33 Å². The van der Waals surface area contributed by atoms with Gasteiger partial charge in [-0.25, -0.2) is 9.97 Å². The van der Waals surface area contributed by atoms with Gasteiger partial charge in [0.25, 0.3) is 0 Å². The fourth-order valence-electron chi connectivity index (χ4n) is 1.71. The number of nitrogens with zero attached hydrogens (tertiary/aromatic N) is 2. The van der Waals surface area contributed by atoms with E-state index in [9.17, 15) is 0 Å². The van der Waals surface area contributed by atoms with E-state index in [0.29, 0.717) is 21.9 Å². The van der Waals surface area contributed by atoms with Gasteiger partial charge >= 0.3 is 0 Å². The van der Waals surface area contributed by atoms with Gasteiger partial charge in [0, 0.05) is 11.6 Å². The number of hydrogen-bond acceptors (Lipinski definition) is 4. The summed E-state index contributed by atoms with van der Waals surface area (Å²) >= 11 is 9.55. The molecule has 2 rings (SSSR count). The zero-order chi connectivity index (χ0) is 14.5. The molecule has 0 saturated heterocycles. The molecule has 1 heterocycles. The molecule has 106 valence electrons. The third kappa shape index (κ3) is 3.41. The average molecular weight is 357 g/mol. The van der Waals surface area contributed by atoms with Crippen molar-refractivity contribution in [2.24, 2.45) is 0 Å². The fourth-order valence-corrected chi connectivity index (χ4v) is 2.39. The fraction of sp³-hybridized carbons (Fsp3) is 0.286. The second-order valence-electron chi connectivity index (χ2n) is 4.08. The van der Waals surface area contributed by atoms with Gasteiger partial charge in [-0.2, -0.15) is 0 Å². The van der Waals surface area contributed by atoms with Crippen molar-refractivity contribution in [1.29, 1.82) is 0 Å². The van der Waals surface area contributed by atoms with E-state index in [2.05, 4.69) is 38.1 Å². The molecule has 1 aromatic heterocycles. The maximum atomic E-state index is 6.10. The Bertz CT molecular complexity index is 607. The van der Waals surface area contributed by atoms with Crippen LogP contribution in [0.4, 0.5) is 5.82 Å². The number of ether oxygens (including phenoxy) is 1. The Morgan fingerprint density at radius 1 is 1.30 bits per heavy atom. The van der Waals surface area contributed by atoms with Crippen molar-refractivity contribution in [2.75, 3.05) is 11.9 Å². The molecule has 0 bridgehead atoms. The van der Waals surface area contributed by atoms with E-state index in [4.69, 9.17) is 16.3 Å². The van der Waals surface area contributed by atoms with Crippen LogP contribution < -0.4 is 10.1 Å². The molecule has 6 heteroatoms. The van der Waals surface area contributed by atoms with E-state index < -0.39 is 0 Å². The Balaban J connectivity index is 2.28. The van der Waals surface area contributed by atoms with Gasteiger partial charge < -0.3 is 10.1 Å². The third-order valence-corrected chi connectivity index (χ3v) is 3.80. The second-order valence-corrected chi connectivity index (χ2v) is 5.28. The summed E-state index contributed by atoms with van der Waals surface area (Å²) in [6.45, 7) is 4.83. The van der Waals surface area contributed by atoms with Crippen LogP contribution in [0.15, 0.2) is 29.0 Å². The van der Waals surface area contributed by atoms with Crippen molar-refractivity contribution in [3.63, 3.8) is 0 Å². The highest BCUT2D eigenvalue weighted by atomic mass is 79.9. The van der Waals surface area contributed by atoms with Gasteiger partial charge in [0.05, 0.1) is 0 Å². The standard InChI is InChI=1S/C14H15BrClN3O/c1-3-9-7-10(5-6-11(9)16)20-14-12(15)13(17-4-2)18-8-19-14/h5-8H,3-4H2,1-2H3,(H,17,18,19). The second kappa shape index (κ2) is 6.90. The zero-order valence-electron chi connectivity index (χ0n) is 11.3. The van der Waals surface area contributed by atoms with Crippen molar-refractivity contribution < 1.29 is 4.74 Å². The topological polar surface area (TPSA) is 47.0 Å². The van der Waals surface area contributed by atoms with Crippen LogP contribution in [-0.2, 0) is 6.42 Å². The summed E-state index contributed by atoms with van der Waals surface area (Å²) in [6.07, 6.45) is 2.32. The number of aryl methyl sites for hydroxylation is 1. The summed E-state index contributed by atoms with van der Waals surface area (Å²) in [4.78, 5) is 8.29. The first-order valence-electron chi connectivity index (χ1n) is 6.36. The zero-order valence-corrected chi connectivity index (χ0v) is 13.6. The van der Waals surface area contributed by atoms with Crippen LogP contribution in [0.2, 0.25) is 5.02 Å². The monoisotopic (exact) mass is 355 g/mol. The van der Waals surface area contributed by atoms with E-state index in [1.807, 2.05) is 25.1 Å². The summed E-state index contributed by atoms with van der Waals surface area (Å²) in [5, 5.41) is 3.88. The van der Waals surface area contributed by atoms with Gasteiger partial charge in [0.15, 0.2) is 0 Å². The third-order valence-electron chi connectivity index (χ3n) is 2.71.